The lowest BCUT2D eigenvalue weighted by Crippen LogP contribution is -2.55. The highest BCUT2D eigenvalue weighted by atomic mass is 79.9. The van der Waals surface area contributed by atoms with Crippen LogP contribution in [-0.4, -0.2) is 6.71 Å². The standard InChI is InChI=1S/C28H26BBr/c1-19-10-5-7-14-26(19)29(27-15-8-6-11-20(27)2)28-21(3)16-24(17-22(28)4)23-12-9-13-25(30)18-23/h5-18H,1-4H3. The maximum absolute atomic E-state index is 3.61. The molecule has 0 aliphatic heterocycles. The van der Waals surface area contributed by atoms with E-state index in [4.69, 9.17) is 0 Å². The van der Waals surface area contributed by atoms with Gasteiger partial charge in [0.1, 0.15) is 0 Å². The molecule has 0 fully saturated rings. The summed E-state index contributed by atoms with van der Waals surface area (Å²) in [5.74, 6) is 0. The molecule has 0 radical (unpaired) electrons. The zero-order chi connectivity index (χ0) is 21.3. The Morgan fingerprint density at radius 3 is 1.57 bits per heavy atom. The number of hydrogen-bond donors (Lipinski definition) is 0. The number of halogens is 1. The first-order valence-electron chi connectivity index (χ1n) is 10.4. The van der Waals surface area contributed by atoms with Crippen LogP contribution in [0.4, 0.5) is 0 Å². The molecule has 4 aromatic rings. The van der Waals surface area contributed by atoms with Crippen LogP contribution in [0, 0.1) is 27.7 Å². The highest BCUT2D eigenvalue weighted by molar-refractivity contribution is 9.10. The van der Waals surface area contributed by atoms with Crippen molar-refractivity contribution >= 4 is 39.0 Å². The van der Waals surface area contributed by atoms with Crippen molar-refractivity contribution in [1.29, 1.82) is 0 Å². The molecule has 0 saturated carbocycles. The number of benzene rings is 4. The van der Waals surface area contributed by atoms with E-state index in [-0.39, 0.29) is 6.71 Å². The third-order valence-corrected chi connectivity index (χ3v) is 6.53. The molecule has 0 aliphatic carbocycles. The number of hydrogen-bond acceptors (Lipinski definition) is 0. The van der Waals surface area contributed by atoms with Crippen molar-refractivity contribution < 1.29 is 0 Å². The van der Waals surface area contributed by atoms with Crippen LogP contribution in [0.1, 0.15) is 22.3 Å². The average molecular weight is 453 g/mol. The van der Waals surface area contributed by atoms with Crippen LogP contribution in [-0.2, 0) is 0 Å². The molecule has 0 saturated heterocycles. The van der Waals surface area contributed by atoms with Crippen LogP contribution < -0.4 is 16.4 Å². The van der Waals surface area contributed by atoms with E-state index in [1.165, 1.54) is 49.8 Å². The van der Waals surface area contributed by atoms with Gasteiger partial charge in [-0.05, 0) is 51.0 Å². The first-order chi connectivity index (χ1) is 14.5. The maximum atomic E-state index is 3.61. The van der Waals surface area contributed by atoms with E-state index in [1.807, 2.05) is 0 Å². The molecule has 0 nitrogen and oxygen atoms in total. The molecule has 0 heterocycles. The van der Waals surface area contributed by atoms with Gasteiger partial charge in [0.05, 0.1) is 0 Å². The van der Waals surface area contributed by atoms with Gasteiger partial charge in [0.25, 0.3) is 0 Å². The molecule has 0 aromatic heterocycles. The molecule has 0 unspecified atom stereocenters. The summed E-state index contributed by atoms with van der Waals surface area (Å²) < 4.78 is 1.11. The highest BCUT2D eigenvalue weighted by Crippen LogP contribution is 2.25. The molecule has 0 spiro atoms. The third-order valence-electron chi connectivity index (χ3n) is 6.04. The van der Waals surface area contributed by atoms with Crippen LogP contribution in [0.2, 0.25) is 0 Å². The number of aryl methyl sites for hydroxylation is 4. The van der Waals surface area contributed by atoms with Gasteiger partial charge in [-0.15, -0.1) is 0 Å². The minimum atomic E-state index is 0.226. The Morgan fingerprint density at radius 1 is 0.533 bits per heavy atom. The van der Waals surface area contributed by atoms with E-state index in [1.54, 1.807) is 0 Å². The minimum Gasteiger partial charge on any atom is -0.0667 e. The first kappa shape index (κ1) is 20.7. The first-order valence-corrected chi connectivity index (χ1v) is 11.2. The summed E-state index contributed by atoms with van der Waals surface area (Å²) in [7, 11) is 0. The largest absolute Gasteiger partial charge is 0.242 e. The Kier molecular flexibility index (Phi) is 5.97. The van der Waals surface area contributed by atoms with Gasteiger partial charge in [-0.2, -0.15) is 0 Å². The highest BCUT2D eigenvalue weighted by Gasteiger charge is 2.27. The molecule has 30 heavy (non-hydrogen) atoms. The van der Waals surface area contributed by atoms with E-state index < -0.39 is 0 Å². The zero-order valence-corrected chi connectivity index (χ0v) is 19.6. The van der Waals surface area contributed by atoms with Crippen LogP contribution in [0.15, 0.2) is 89.4 Å². The van der Waals surface area contributed by atoms with Crippen LogP contribution in [0.25, 0.3) is 11.1 Å². The number of rotatable bonds is 4. The minimum absolute atomic E-state index is 0.226. The molecule has 0 amide bonds. The summed E-state index contributed by atoms with van der Waals surface area (Å²) >= 11 is 3.61. The Balaban J connectivity index is 1.94. The van der Waals surface area contributed by atoms with Crippen molar-refractivity contribution in [1.82, 2.24) is 0 Å². The second-order valence-corrected chi connectivity index (χ2v) is 9.10. The van der Waals surface area contributed by atoms with Crippen LogP contribution >= 0.6 is 15.9 Å². The molecule has 2 heteroatoms. The summed E-state index contributed by atoms with van der Waals surface area (Å²) in [4.78, 5) is 0. The Labute approximate surface area is 189 Å². The molecular formula is C28H26BBr. The molecule has 0 N–H and O–H groups in total. The monoisotopic (exact) mass is 452 g/mol. The van der Waals surface area contributed by atoms with E-state index in [9.17, 15) is 0 Å². The average Bonchev–Trinajstić information content (AvgIpc) is 2.72. The van der Waals surface area contributed by atoms with Crippen molar-refractivity contribution in [3.8, 4) is 11.1 Å². The van der Waals surface area contributed by atoms with Gasteiger partial charge in [0, 0.05) is 4.47 Å². The molecule has 0 atom stereocenters. The quantitative estimate of drug-likeness (QED) is 0.340. The van der Waals surface area contributed by atoms with Crippen molar-refractivity contribution in [3.63, 3.8) is 0 Å². The molecule has 0 bridgehead atoms. The lowest BCUT2D eigenvalue weighted by Gasteiger charge is -2.24. The summed E-state index contributed by atoms with van der Waals surface area (Å²) in [6, 6.07) is 30.8. The van der Waals surface area contributed by atoms with Crippen molar-refractivity contribution in [2.45, 2.75) is 27.7 Å². The van der Waals surface area contributed by atoms with Gasteiger partial charge in [-0.1, -0.05) is 127 Å². The zero-order valence-electron chi connectivity index (χ0n) is 18.0. The smallest absolute Gasteiger partial charge is 0.0667 e. The van der Waals surface area contributed by atoms with Gasteiger partial charge in [0.15, 0.2) is 0 Å². The fourth-order valence-electron chi connectivity index (χ4n) is 4.56. The van der Waals surface area contributed by atoms with Gasteiger partial charge < -0.3 is 0 Å². The predicted molar refractivity (Wildman–Crippen MR) is 136 cm³/mol. The van der Waals surface area contributed by atoms with Crippen molar-refractivity contribution in [2.24, 2.45) is 0 Å². The maximum Gasteiger partial charge on any atom is 0.242 e. The fourth-order valence-corrected chi connectivity index (χ4v) is 4.96. The van der Waals surface area contributed by atoms with Gasteiger partial charge >= 0.3 is 0 Å². The van der Waals surface area contributed by atoms with E-state index in [0.717, 1.165) is 4.47 Å². The van der Waals surface area contributed by atoms with Crippen molar-refractivity contribution in [3.05, 3.63) is 112 Å². The molecule has 148 valence electrons. The summed E-state index contributed by atoms with van der Waals surface area (Å²) in [5, 5.41) is 0. The van der Waals surface area contributed by atoms with Crippen molar-refractivity contribution in [2.75, 3.05) is 0 Å². The second-order valence-electron chi connectivity index (χ2n) is 8.18. The lowest BCUT2D eigenvalue weighted by molar-refractivity contribution is 1.41. The van der Waals surface area contributed by atoms with Gasteiger partial charge in [0.2, 0.25) is 6.71 Å². The lowest BCUT2D eigenvalue weighted by atomic mass is 9.34. The van der Waals surface area contributed by atoms with Crippen LogP contribution in [0.5, 0.6) is 0 Å². The normalized spacial score (nSPS) is 10.8. The van der Waals surface area contributed by atoms with Gasteiger partial charge in [-0.25, -0.2) is 0 Å². The summed E-state index contributed by atoms with van der Waals surface area (Å²) in [5.41, 5.74) is 12.0. The van der Waals surface area contributed by atoms with Crippen LogP contribution in [0.3, 0.4) is 0 Å². The fraction of sp³-hybridized carbons (Fsp3) is 0.143. The third kappa shape index (κ3) is 4.02. The Morgan fingerprint density at radius 2 is 1.07 bits per heavy atom. The summed E-state index contributed by atoms with van der Waals surface area (Å²) in [6.45, 7) is 9.19. The molecule has 4 rings (SSSR count). The summed E-state index contributed by atoms with van der Waals surface area (Å²) in [6.07, 6.45) is 0. The second kappa shape index (κ2) is 8.66. The van der Waals surface area contributed by atoms with E-state index in [2.05, 4.69) is 129 Å². The molecule has 4 aromatic carbocycles. The topological polar surface area (TPSA) is 0 Å². The van der Waals surface area contributed by atoms with Gasteiger partial charge in [-0.3, -0.25) is 0 Å². The SMILES string of the molecule is Cc1ccccc1B(c1ccccc1C)c1c(C)cc(-c2cccc(Br)c2)cc1C. The Bertz CT molecular complexity index is 1140. The van der Waals surface area contributed by atoms with E-state index in [0.29, 0.717) is 0 Å². The van der Waals surface area contributed by atoms with E-state index >= 15 is 0 Å². The molecular weight excluding hydrogens is 427 g/mol. The Hall–Kier alpha value is -2.58. The molecule has 0 aliphatic rings. The predicted octanol–water partition coefficient (Wildman–Crippen LogP) is 5.87.